The number of benzene rings is 2. The molecule has 1 heterocycles. The van der Waals surface area contributed by atoms with Gasteiger partial charge in [0.05, 0.1) is 0 Å². The van der Waals surface area contributed by atoms with E-state index in [2.05, 4.69) is 22.8 Å². The van der Waals surface area contributed by atoms with E-state index in [4.69, 9.17) is 0 Å². The van der Waals surface area contributed by atoms with E-state index in [0.717, 1.165) is 22.4 Å². The molecule has 0 radical (unpaired) electrons. The molecule has 1 aliphatic heterocycles. The molecule has 5 heteroatoms. The second-order valence-electron chi connectivity index (χ2n) is 8.46. The molecule has 1 fully saturated rings. The van der Waals surface area contributed by atoms with E-state index in [-0.39, 0.29) is 11.9 Å². The van der Waals surface area contributed by atoms with Crippen LogP contribution < -0.4 is 10.6 Å². The number of hydrogen-bond acceptors (Lipinski definition) is 2. The van der Waals surface area contributed by atoms with Gasteiger partial charge < -0.3 is 15.5 Å². The third-order valence-corrected chi connectivity index (χ3v) is 5.91. The summed E-state index contributed by atoms with van der Waals surface area (Å²) in [6, 6.07) is 14.1. The number of carbonyl (C=O) groups excluding carboxylic acids is 2. The predicted molar refractivity (Wildman–Crippen MR) is 117 cm³/mol. The molecule has 0 aromatic heterocycles. The summed E-state index contributed by atoms with van der Waals surface area (Å²) in [4.78, 5) is 27.2. The molecule has 0 bridgehead atoms. The van der Waals surface area contributed by atoms with Gasteiger partial charge in [-0.1, -0.05) is 48.9 Å². The molecule has 3 rings (SSSR count). The highest BCUT2D eigenvalue weighted by Crippen LogP contribution is 2.31. The lowest BCUT2D eigenvalue weighted by Crippen LogP contribution is -2.49. The van der Waals surface area contributed by atoms with Crippen LogP contribution in [0.25, 0.3) is 0 Å². The summed E-state index contributed by atoms with van der Waals surface area (Å²) < 4.78 is 0. The lowest BCUT2D eigenvalue weighted by molar-refractivity contribution is -0.132. The van der Waals surface area contributed by atoms with Crippen LogP contribution in [0.2, 0.25) is 0 Å². The zero-order chi connectivity index (χ0) is 21.0. The predicted octanol–water partition coefficient (Wildman–Crippen LogP) is 4.56. The number of carbonyl (C=O) groups is 2. The number of rotatable bonds is 4. The van der Waals surface area contributed by atoms with Gasteiger partial charge in [0, 0.05) is 30.7 Å². The number of amides is 3. The summed E-state index contributed by atoms with van der Waals surface area (Å²) in [7, 11) is 0. The molecular weight excluding hydrogens is 362 g/mol. The maximum Gasteiger partial charge on any atom is 0.321 e. The van der Waals surface area contributed by atoms with Gasteiger partial charge in [-0.05, 0) is 56.4 Å². The Labute approximate surface area is 173 Å². The Balaban J connectivity index is 1.52. The van der Waals surface area contributed by atoms with Crippen molar-refractivity contribution >= 4 is 17.6 Å². The van der Waals surface area contributed by atoms with Crippen LogP contribution in [0.3, 0.4) is 0 Å². The molecule has 3 amide bonds. The van der Waals surface area contributed by atoms with Crippen molar-refractivity contribution in [2.24, 2.45) is 5.41 Å². The van der Waals surface area contributed by atoms with Crippen molar-refractivity contribution in [3.05, 3.63) is 64.7 Å². The summed E-state index contributed by atoms with van der Waals surface area (Å²) in [5.41, 5.74) is 4.86. The topological polar surface area (TPSA) is 61.4 Å². The molecule has 1 saturated heterocycles. The van der Waals surface area contributed by atoms with Crippen LogP contribution in [0.1, 0.15) is 42.0 Å². The van der Waals surface area contributed by atoms with E-state index in [1.54, 1.807) is 4.90 Å². The van der Waals surface area contributed by atoms with Crippen molar-refractivity contribution in [1.82, 2.24) is 10.2 Å². The fraction of sp³-hybridized carbons (Fsp3) is 0.417. The average molecular weight is 394 g/mol. The molecule has 154 valence electrons. The molecule has 2 aromatic rings. The largest absolute Gasteiger partial charge is 0.352 e. The van der Waals surface area contributed by atoms with Gasteiger partial charge >= 0.3 is 6.03 Å². The summed E-state index contributed by atoms with van der Waals surface area (Å²) in [5, 5.41) is 6.08. The maximum absolute atomic E-state index is 12.8. The van der Waals surface area contributed by atoms with Crippen LogP contribution in [-0.2, 0) is 11.3 Å². The molecule has 0 aliphatic carbocycles. The van der Waals surface area contributed by atoms with Crippen LogP contribution in [0.5, 0.6) is 0 Å². The van der Waals surface area contributed by atoms with Gasteiger partial charge in [0.1, 0.15) is 0 Å². The van der Waals surface area contributed by atoms with E-state index >= 15 is 0 Å². The molecule has 0 atom stereocenters. The molecule has 0 saturated carbocycles. The number of aryl methyl sites for hydroxylation is 3. The summed E-state index contributed by atoms with van der Waals surface area (Å²) in [5.74, 6) is 0.0626. The van der Waals surface area contributed by atoms with Crippen LogP contribution in [0.4, 0.5) is 10.5 Å². The van der Waals surface area contributed by atoms with Gasteiger partial charge in [0.15, 0.2) is 0 Å². The zero-order valence-corrected chi connectivity index (χ0v) is 17.8. The molecule has 5 nitrogen and oxygen atoms in total. The summed E-state index contributed by atoms with van der Waals surface area (Å²) in [6.45, 7) is 9.73. The molecule has 2 aromatic carbocycles. The highest BCUT2D eigenvalue weighted by atomic mass is 16.2. The standard InChI is InChI=1S/C24H31N3O2/c1-17-6-9-20(10-7-17)16-25-22(28)24(4)11-13-27(14-12-24)23(29)26-21-15-18(2)5-8-19(21)3/h5-10,15H,11-14,16H2,1-4H3,(H,25,28)(H,26,29). The monoisotopic (exact) mass is 393 g/mol. The minimum atomic E-state index is -0.444. The molecular formula is C24H31N3O2. The average Bonchev–Trinajstić information content (AvgIpc) is 2.70. The normalized spacial score (nSPS) is 15.7. The Morgan fingerprint density at radius 3 is 2.24 bits per heavy atom. The van der Waals surface area contributed by atoms with Gasteiger partial charge in [-0.2, -0.15) is 0 Å². The highest BCUT2D eigenvalue weighted by molar-refractivity contribution is 5.90. The number of urea groups is 1. The SMILES string of the molecule is Cc1ccc(CNC(=O)C2(C)CCN(C(=O)Nc3cc(C)ccc3C)CC2)cc1. The number of piperidine rings is 1. The van der Waals surface area contributed by atoms with Gasteiger partial charge in [0.2, 0.25) is 5.91 Å². The zero-order valence-electron chi connectivity index (χ0n) is 17.8. The number of nitrogens with zero attached hydrogens (tertiary/aromatic N) is 1. The Morgan fingerprint density at radius 2 is 1.59 bits per heavy atom. The molecule has 0 unspecified atom stereocenters. The van der Waals surface area contributed by atoms with Gasteiger partial charge in [-0.25, -0.2) is 4.79 Å². The first-order valence-electron chi connectivity index (χ1n) is 10.2. The van der Waals surface area contributed by atoms with Crippen molar-refractivity contribution in [1.29, 1.82) is 0 Å². The number of anilines is 1. The van der Waals surface area contributed by atoms with E-state index in [1.165, 1.54) is 5.56 Å². The Bertz CT molecular complexity index is 881. The van der Waals surface area contributed by atoms with Crippen molar-refractivity contribution in [3.63, 3.8) is 0 Å². The minimum absolute atomic E-state index is 0.0626. The lowest BCUT2D eigenvalue weighted by atomic mass is 9.79. The van der Waals surface area contributed by atoms with Crippen LogP contribution >= 0.6 is 0 Å². The highest BCUT2D eigenvalue weighted by Gasteiger charge is 2.38. The first-order valence-corrected chi connectivity index (χ1v) is 10.2. The molecule has 2 N–H and O–H groups in total. The first kappa shape index (κ1) is 20.9. The van der Waals surface area contributed by atoms with Crippen molar-refractivity contribution in [3.8, 4) is 0 Å². The van der Waals surface area contributed by atoms with Crippen molar-refractivity contribution < 1.29 is 9.59 Å². The van der Waals surface area contributed by atoms with Crippen LogP contribution in [-0.4, -0.2) is 29.9 Å². The van der Waals surface area contributed by atoms with E-state index < -0.39 is 5.41 Å². The fourth-order valence-corrected chi connectivity index (χ4v) is 3.60. The van der Waals surface area contributed by atoms with Crippen molar-refractivity contribution in [2.45, 2.75) is 47.1 Å². The van der Waals surface area contributed by atoms with E-state index in [0.29, 0.717) is 32.5 Å². The Kier molecular flexibility index (Phi) is 6.26. The van der Waals surface area contributed by atoms with Gasteiger partial charge in [0.25, 0.3) is 0 Å². The molecule has 29 heavy (non-hydrogen) atoms. The maximum atomic E-state index is 12.8. The smallest absolute Gasteiger partial charge is 0.321 e. The van der Waals surface area contributed by atoms with Gasteiger partial charge in [-0.15, -0.1) is 0 Å². The Morgan fingerprint density at radius 1 is 0.966 bits per heavy atom. The molecule has 0 spiro atoms. The minimum Gasteiger partial charge on any atom is -0.352 e. The van der Waals surface area contributed by atoms with Gasteiger partial charge in [-0.3, -0.25) is 4.79 Å². The lowest BCUT2D eigenvalue weighted by Gasteiger charge is -2.38. The van der Waals surface area contributed by atoms with E-state index in [1.807, 2.05) is 58.0 Å². The number of likely N-dealkylation sites (tertiary alicyclic amines) is 1. The number of nitrogens with one attached hydrogen (secondary N) is 2. The second-order valence-corrected chi connectivity index (χ2v) is 8.46. The van der Waals surface area contributed by atoms with Crippen molar-refractivity contribution in [2.75, 3.05) is 18.4 Å². The van der Waals surface area contributed by atoms with Crippen LogP contribution in [0.15, 0.2) is 42.5 Å². The number of hydrogen-bond donors (Lipinski definition) is 2. The quantitative estimate of drug-likeness (QED) is 0.800. The third kappa shape index (κ3) is 5.17. The first-order chi connectivity index (χ1) is 13.8. The van der Waals surface area contributed by atoms with Crippen LogP contribution in [0, 0.1) is 26.2 Å². The summed E-state index contributed by atoms with van der Waals surface area (Å²) in [6.07, 6.45) is 1.32. The van der Waals surface area contributed by atoms with E-state index in [9.17, 15) is 9.59 Å². The molecule has 1 aliphatic rings. The fourth-order valence-electron chi connectivity index (χ4n) is 3.60. The third-order valence-electron chi connectivity index (χ3n) is 5.91. The second kappa shape index (κ2) is 8.68. The summed E-state index contributed by atoms with van der Waals surface area (Å²) >= 11 is 0. The Hall–Kier alpha value is -2.82.